The second-order valence-electron chi connectivity index (χ2n) is 5.40. The van der Waals surface area contributed by atoms with E-state index in [9.17, 15) is 9.59 Å². The summed E-state index contributed by atoms with van der Waals surface area (Å²) in [5.41, 5.74) is 1.04. The van der Waals surface area contributed by atoms with Gasteiger partial charge in [0.15, 0.2) is 0 Å². The van der Waals surface area contributed by atoms with E-state index in [0.717, 1.165) is 31.4 Å². The predicted octanol–water partition coefficient (Wildman–Crippen LogP) is 1.47. The van der Waals surface area contributed by atoms with E-state index in [1.807, 2.05) is 4.90 Å². The van der Waals surface area contributed by atoms with Crippen molar-refractivity contribution in [3.05, 3.63) is 11.8 Å². The molecule has 2 rings (SSSR count). The molecule has 1 saturated heterocycles. The quantitative estimate of drug-likeness (QED) is 0.769. The molecule has 1 N–H and O–H groups in total. The molecule has 2 heterocycles. The van der Waals surface area contributed by atoms with Crippen molar-refractivity contribution < 1.29 is 9.59 Å². The Balaban J connectivity index is 1.95. The van der Waals surface area contributed by atoms with E-state index >= 15 is 0 Å². The summed E-state index contributed by atoms with van der Waals surface area (Å²) in [7, 11) is 0. The molecule has 1 fully saturated rings. The highest BCUT2D eigenvalue weighted by Gasteiger charge is 2.35. The summed E-state index contributed by atoms with van der Waals surface area (Å²) in [6.45, 7) is 5.06. The lowest BCUT2D eigenvalue weighted by Gasteiger charge is -2.27. The molecule has 0 aromatic heterocycles. The highest BCUT2D eigenvalue weighted by atomic mass is 16.2. The Labute approximate surface area is 108 Å². The second-order valence-corrected chi connectivity index (χ2v) is 5.40. The van der Waals surface area contributed by atoms with Gasteiger partial charge in [-0.15, -0.1) is 0 Å². The summed E-state index contributed by atoms with van der Waals surface area (Å²) in [6, 6.07) is 0.234. The lowest BCUT2D eigenvalue weighted by Crippen LogP contribution is -2.47. The van der Waals surface area contributed by atoms with E-state index in [0.29, 0.717) is 18.9 Å². The fourth-order valence-electron chi connectivity index (χ4n) is 2.89. The van der Waals surface area contributed by atoms with Crippen LogP contribution in [0.3, 0.4) is 0 Å². The van der Waals surface area contributed by atoms with Gasteiger partial charge in [-0.1, -0.05) is 13.0 Å². The third-order valence-corrected chi connectivity index (χ3v) is 3.96. The molecule has 1 amide bonds. The minimum atomic E-state index is -0.132. The Bertz CT molecular complexity index is 365. The molecule has 3 atom stereocenters. The molecule has 0 bridgehead atoms. The zero-order valence-electron chi connectivity index (χ0n) is 11.2. The maximum atomic E-state index is 12.4. The van der Waals surface area contributed by atoms with Crippen molar-refractivity contribution in [3.63, 3.8) is 0 Å². The van der Waals surface area contributed by atoms with E-state index in [2.05, 4.69) is 25.2 Å². The van der Waals surface area contributed by atoms with Crippen molar-refractivity contribution in [2.75, 3.05) is 6.54 Å². The van der Waals surface area contributed by atoms with E-state index in [1.54, 1.807) is 0 Å². The van der Waals surface area contributed by atoms with Crippen LogP contribution < -0.4 is 5.32 Å². The minimum Gasteiger partial charge on any atom is -0.377 e. The number of carbonyl (C=O) groups excluding carboxylic acids is 2. The molecule has 0 aromatic rings. The fraction of sp³-hybridized carbons (Fsp3) is 0.714. The molecule has 0 radical (unpaired) electrons. The first-order valence-electron chi connectivity index (χ1n) is 6.85. The lowest BCUT2D eigenvalue weighted by atomic mass is 10.0. The third-order valence-electron chi connectivity index (χ3n) is 3.96. The zero-order valence-corrected chi connectivity index (χ0v) is 11.2. The maximum absolute atomic E-state index is 12.4. The van der Waals surface area contributed by atoms with Gasteiger partial charge in [0.05, 0.1) is 0 Å². The van der Waals surface area contributed by atoms with Crippen LogP contribution in [-0.2, 0) is 9.59 Å². The van der Waals surface area contributed by atoms with Gasteiger partial charge >= 0.3 is 0 Å². The van der Waals surface area contributed by atoms with Crippen LogP contribution in [0, 0.1) is 5.92 Å². The van der Waals surface area contributed by atoms with Crippen LogP contribution >= 0.6 is 0 Å². The Kier molecular flexibility index (Phi) is 4.04. The zero-order chi connectivity index (χ0) is 13.1. The normalized spacial score (nSPS) is 31.1. The SMILES string of the molecule is CC1C=C(CCC=O)NC1C(=O)N1CCC[C@H]1C. The number of amides is 1. The van der Waals surface area contributed by atoms with E-state index < -0.39 is 0 Å². The van der Waals surface area contributed by atoms with Gasteiger partial charge in [0.1, 0.15) is 12.3 Å². The first-order valence-corrected chi connectivity index (χ1v) is 6.85. The first-order chi connectivity index (χ1) is 8.63. The number of carbonyl (C=O) groups is 2. The summed E-state index contributed by atoms with van der Waals surface area (Å²) in [5, 5.41) is 3.28. The van der Waals surface area contributed by atoms with E-state index in [-0.39, 0.29) is 17.9 Å². The van der Waals surface area contributed by atoms with Crippen LogP contribution in [0.25, 0.3) is 0 Å². The van der Waals surface area contributed by atoms with Crippen LogP contribution in [0.4, 0.5) is 0 Å². The number of allylic oxidation sites excluding steroid dienone is 1. The van der Waals surface area contributed by atoms with Gasteiger partial charge in [0, 0.05) is 30.6 Å². The molecular formula is C14H22N2O2. The van der Waals surface area contributed by atoms with Gasteiger partial charge in [-0.2, -0.15) is 0 Å². The van der Waals surface area contributed by atoms with Crippen molar-refractivity contribution >= 4 is 12.2 Å². The number of hydrogen-bond acceptors (Lipinski definition) is 3. The molecule has 4 nitrogen and oxygen atoms in total. The molecule has 0 aromatic carbocycles. The third kappa shape index (κ3) is 2.57. The van der Waals surface area contributed by atoms with Crippen LogP contribution in [0.1, 0.15) is 39.5 Å². The summed E-state index contributed by atoms with van der Waals surface area (Å²) < 4.78 is 0. The van der Waals surface area contributed by atoms with Gasteiger partial charge in [-0.3, -0.25) is 4.79 Å². The predicted molar refractivity (Wildman–Crippen MR) is 69.9 cm³/mol. The average molecular weight is 250 g/mol. The number of hydrogen-bond donors (Lipinski definition) is 1. The van der Waals surface area contributed by atoms with Gasteiger partial charge in [0.2, 0.25) is 5.91 Å². The highest BCUT2D eigenvalue weighted by Crippen LogP contribution is 2.24. The van der Waals surface area contributed by atoms with Crippen LogP contribution in [-0.4, -0.2) is 35.7 Å². The Hall–Kier alpha value is -1.32. The molecular weight excluding hydrogens is 228 g/mol. The van der Waals surface area contributed by atoms with Crippen LogP contribution in [0.15, 0.2) is 11.8 Å². The molecule has 0 spiro atoms. The van der Waals surface area contributed by atoms with Crippen molar-refractivity contribution in [1.82, 2.24) is 10.2 Å². The molecule has 100 valence electrons. The summed E-state index contributed by atoms with van der Waals surface area (Å²) >= 11 is 0. The van der Waals surface area contributed by atoms with E-state index in [4.69, 9.17) is 0 Å². The van der Waals surface area contributed by atoms with Gasteiger partial charge in [-0.05, 0) is 26.2 Å². The van der Waals surface area contributed by atoms with Gasteiger partial charge in [-0.25, -0.2) is 0 Å². The molecule has 0 saturated carbocycles. The second kappa shape index (κ2) is 5.55. The van der Waals surface area contributed by atoms with Crippen LogP contribution in [0.5, 0.6) is 0 Å². The molecule has 4 heteroatoms. The van der Waals surface area contributed by atoms with Crippen LogP contribution in [0.2, 0.25) is 0 Å². The monoisotopic (exact) mass is 250 g/mol. The number of aldehydes is 1. The standard InChI is InChI=1S/C14H22N2O2/c1-10-9-12(6-4-8-17)15-13(10)14(18)16-7-3-5-11(16)2/h8-11,13,15H,3-7H2,1-2H3/t10?,11-,13?/m1/s1. The van der Waals surface area contributed by atoms with Crippen molar-refractivity contribution in [2.24, 2.45) is 5.92 Å². The van der Waals surface area contributed by atoms with Crippen molar-refractivity contribution in [1.29, 1.82) is 0 Å². The summed E-state index contributed by atoms with van der Waals surface area (Å²) in [5.74, 6) is 0.428. The van der Waals surface area contributed by atoms with Crippen molar-refractivity contribution in [2.45, 2.75) is 51.6 Å². The number of likely N-dealkylation sites (tertiary alicyclic amines) is 1. The smallest absolute Gasteiger partial charge is 0.245 e. The Morgan fingerprint density at radius 1 is 1.56 bits per heavy atom. The average Bonchev–Trinajstić information content (AvgIpc) is 2.92. The number of rotatable bonds is 4. The van der Waals surface area contributed by atoms with Gasteiger partial charge < -0.3 is 15.0 Å². The Morgan fingerprint density at radius 2 is 2.33 bits per heavy atom. The molecule has 18 heavy (non-hydrogen) atoms. The highest BCUT2D eigenvalue weighted by molar-refractivity contribution is 5.84. The molecule has 2 aliphatic rings. The summed E-state index contributed by atoms with van der Waals surface area (Å²) in [6.07, 6.45) is 6.47. The Morgan fingerprint density at radius 3 is 2.94 bits per heavy atom. The maximum Gasteiger partial charge on any atom is 0.245 e. The molecule has 2 unspecified atom stereocenters. The lowest BCUT2D eigenvalue weighted by molar-refractivity contribution is -0.134. The number of nitrogens with zero attached hydrogens (tertiary/aromatic N) is 1. The number of nitrogens with one attached hydrogen (secondary N) is 1. The molecule has 0 aliphatic carbocycles. The first kappa shape index (κ1) is 13.1. The summed E-state index contributed by atoms with van der Waals surface area (Å²) in [4.78, 5) is 24.8. The topological polar surface area (TPSA) is 49.4 Å². The largest absolute Gasteiger partial charge is 0.377 e. The van der Waals surface area contributed by atoms with E-state index in [1.165, 1.54) is 0 Å². The minimum absolute atomic E-state index is 0.132. The van der Waals surface area contributed by atoms with Crippen molar-refractivity contribution in [3.8, 4) is 0 Å². The van der Waals surface area contributed by atoms with Gasteiger partial charge in [0.25, 0.3) is 0 Å². The fourth-order valence-corrected chi connectivity index (χ4v) is 2.89. The molecule has 2 aliphatic heterocycles.